The second-order valence-electron chi connectivity index (χ2n) is 11.1. The van der Waals surface area contributed by atoms with E-state index in [2.05, 4.69) is 11.2 Å². The monoisotopic (exact) mass is 524 g/mol. The van der Waals surface area contributed by atoms with Crippen LogP contribution in [0.2, 0.25) is 0 Å². The van der Waals surface area contributed by atoms with E-state index >= 15 is 4.39 Å². The topological polar surface area (TPSA) is 115 Å². The number of nitriles is 1. The van der Waals surface area contributed by atoms with Gasteiger partial charge in [-0.25, -0.2) is 13.9 Å². The van der Waals surface area contributed by atoms with Crippen LogP contribution in [0.4, 0.5) is 9.18 Å². The van der Waals surface area contributed by atoms with E-state index in [9.17, 15) is 19.6 Å². The average molecular weight is 525 g/mol. The zero-order valence-corrected chi connectivity index (χ0v) is 22.1. The SMILES string of the molecule is COCC(=O)n1cc(-c2ccc(C[C@@H](C#N)CC(=O)[C@@H]3[C@H]4CC[C@H](C4)N3C(=O)OC(C)(C)C)c(F)c2)cn1. The van der Waals surface area contributed by atoms with Gasteiger partial charge in [-0.05, 0) is 69.6 Å². The number of carbonyl (C=O) groups is 3. The average Bonchev–Trinajstić information content (AvgIpc) is 3.60. The minimum absolute atomic E-state index is 0.0246. The highest BCUT2D eigenvalue weighted by molar-refractivity contribution is 5.89. The number of fused-ring (bicyclic) bond motifs is 2. The third-order valence-electron chi connectivity index (χ3n) is 7.11. The zero-order chi connectivity index (χ0) is 27.6. The molecule has 1 aromatic carbocycles. The first-order chi connectivity index (χ1) is 18.0. The van der Waals surface area contributed by atoms with Crippen molar-refractivity contribution in [1.29, 1.82) is 5.26 Å². The van der Waals surface area contributed by atoms with Gasteiger partial charge in [0.25, 0.3) is 5.91 Å². The van der Waals surface area contributed by atoms with Crippen molar-refractivity contribution in [3.05, 3.63) is 42.0 Å². The van der Waals surface area contributed by atoms with Gasteiger partial charge in [-0.2, -0.15) is 10.4 Å². The highest BCUT2D eigenvalue weighted by Gasteiger charge is 2.52. The maximum atomic E-state index is 15.0. The largest absolute Gasteiger partial charge is 0.444 e. The molecule has 0 unspecified atom stereocenters. The third kappa shape index (κ3) is 5.94. The number of halogens is 1. The number of aromatic nitrogens is 2. The second kappa shape index (κ2) is 11.0. The van der Waals surface area contributed by atoms with Crippen LogP contribution in [0.15, 0.2) is 30.6 Å². The van der Waals surface area contributed by atoms with Crippen molar-refractivity contribution < 1.29 is 28.2 Å². The number of rotatable bonds is 8. The molecule has 2 aromatic rings. The summed E-state index contributed by atoms with van der Waals surface area (Å²) in [5, 5.41) is 13.8. The van der Waals surface area contributed by atoms with E-state index < -0.39 is 29.5 Å². The Morgan fingerprint density at radius 3 is 2.66 bits per heavy atom. The molecular formula is C28H33FN4O5. The predicted molar refractivity (Wildman–Crippen MR) is 136 cm³/mol. The van der Waals surface area contributed by atoms with Crippen molar-refractivity contribution >= 4 is 17.8 Å². The first-order valence-electron chi connectivity index (χ1n) is 12.8. The molecule has 0 N–H and O–H groups in total. The molecule has 2 fully saturated rings. The molecule has 1 aromatic heterocycles. The quantitative estimate of drug-likeness (QED) is 0.503. The Hall–Kier alpha value is -3.58. The maximum absolute atomic E-state index is 15.0. The van der Waals surface area contributed by atoms with Gasteiger partial charge >= 0.3 is 6.09 Å². The van der Waals surface area contributed by atoms with Crippen LogP contribution in [0.1, 0.15) is 56.8 Å². The number of Topliss-reactive ketones (excluding diaryl/α,β-unsaturated/α-hetero) is 1. The van der Waals surface area contributed by atoms with Crippen molar-refractivity contribution in [2.45, 2.75) is 70.6 Å². The van der Waals surface area contributed by atoms with Crippen LogP contribution in [-0.2, 0) is 20.7 Å². The van der Waals surface area contributed by atoms with Gasteiger partial charge in [-0.15, -0.1) is 0 Å². The first kappa shape index (κ1) is 27.5. The third-order valence-corrected chi connectivity index (χ3v) is 7.11. The summed E-state index contributed by atoms with van der Waals surface area (Å²) in [5.41, 5.74) is 0.726. The molecule has 1 aliphatic carbocycles. The standard InChI is InChI=1S/C28H33FN4O5/c1-28(2,3)38-27(36)33-22-8-7-20(11-22)26(33)24(34)10-17(13-30)9-19-6-5-18(12-23(19)29)21-14-31-32(15-21)25(35)16-37-4/h5-6,12,14-15,17,20,22,26H,7-11,16H2,1-4H3/t17-,20+,22-,26+/m1/s1. The lowest BCUT2D eigenvalue weighted by molar-refractivity contribution is -0.126. The lowest BCUT2D eigenvalue weighted by Gasteiger charge is -2.35. The summed E-state index contributed by atoms with van der Waals surface area (Å²) in [5.74, 6) is -1.72. The van der Waals surface area contributed by atoms with E-state index in [1.54, 1.807) is 37.8 Å². The minimum Gasteiger partial charge on any atom is -0.444 e. The fourth-order valence-electron chi connectivity index (χ4n) is 5.46. The first-order valence-corrected chi connectivity index (χ1v) is 12.8. The van der Waals surface area contributed by atoms with E-state index in [0.29, 0.717) is 16.7 Å². The Kier molecular flexibility index (Phi) is 7.97. The maximum Gasteiger partial charge on any atom is 0.411 e. The van der Waals surface area contributed by atoms with E-state index in [-0.39, 0.29) is 43.1 Å². The lowest BCUT2D eigenvalue weighted by Crippen LogP contribution is -2.51. The molecule has 1 aliphatic heterocycles. The Labute approximate surface area is 221 Å². The molecule has 2 bridgehead atoms. The van der Waals surface area contributed by atoms with Crippen LogP contribution in [0.5, 0.6) is 0 Å². The number of methoxy groups -OCH3 is 1. The number of likely N-dealkylation sites (tertiary alicyclic amines) is 1. The van der Waals surface area contributed by atoms with Crippen molar-refractivity contribution in [2.75, 3.05) is 13.7 Å². The Morgan fingerprint density at radius 1 is 1.24 bits per heavy atom. The number of hydrogen-bond donors (Lipinski definition) is 0. The number of carbonyl (C=O) groups excluding carboxylic acids is 3. The highest BCUT2D eigenvalue weighted by Crippen LogP contribution is 2.44. The van der Waals surface area contributed by atoms with E-state index in [1.165, 1.54) is 25.6 Å². The number of ether oxygens (including phenoxy) is 2. The molecule has 38 heavy (non-hydrogen) atoms. The summed E-state index contributed by atoms with van der Waals surface area (Å²) in [6, 6.07) is 6.12. The molecule has 2 aliphatic rings. The minimum atomic E-state index is -0.739. The smallest absolute Gasteiger partial charge is 0.411 e. The number of piperidine rings is 1. The predicted octanol–water partition coefficient (Wildman–Crippen LogP) is 4.41. The number of benzene rings is 1. The molecule has 4 rings (SSSR count). The van der Waals surface area contributed by atoms with Crippen LogP contribution in [-0.4, -0.2) is 63.9 Å². The molecule has 9 nitrogen and oxygen atoms in total. The van der Waals surface area contributed by atoms with Crippen molar-refractivity contribution in [3.8, 4) is 17.2 Å². The van der Waals surface area contributed by atoms with Crippen molar-refractivity contribution in [3.63, 3.8) is 0 Å². The normalized spacial score (nSPS) is 21.3. The molecule has 2 heterocycles. The van der Waals surface area contributed by atoms with Gasteiger partial charge in [0.1, 0.15) is 18.0 Å². The van der Waals surface area contributed by atoms with Gasteiger partial charge in [0.15, 0.2) is 5.78 Å². The van der Waals surface area contributed by atoms with Gasteiger partial charge in [0.2, 0.25) is 0 Å². The molecule has 10 heteroatoms. The lowest BCUT2D eigenvalue weighted by atomic mass is 9.87. The fraction of sp³-hybridized carbons (Fsp3) is 0.536. The summed E-state index contributed by atoms with van der Waals surface area (Å²) in [7, 11) is 1.41. The number of amides is 1. The molecule has 1 amide bonds. The van der Waals surface area contributed by atoms with E-state index in [4.69, 9.17) is 9.47 Å². The van der Waals surface area contributed by atoms with Crippen LogP contribution >= 0.6 is 0 Å². The molecule has 0 radical (unpaired) electrons. The Morgan fingerprint density at radius 2 is 2.00 bits per heavy atom. The number of nitrogens with zero attached hydrogens (tertiary/aromatic N) is 4. The summed E-state index contributed by atoms with van der Waals surface area (Å²) < 4.78 is 26.5. The molecule has 0 spiro atoms. The van der Waals surface area contributed by atoms with Gasteiger partial charge in [-0.1, -0.05) is 12.1 Å². The Bertz CT molecular complexity index is 1260. The molecule has 4 atom stereocenters. The van der Waals surface area contributed by atoms with E-state index in [1.807, 2.05) is 0 Å². The van der Waals surface area contributed by atoms with Crippen LogP contribution in [0.3, 0.4) is 0 Å². The number of ketones is 1. The molecule has 1 saturated heterocycles. The zero-order valence-electron chi connectivity index (χ0n) is 22.1. The van der Waals surface area contributed by atoms with Crippen molar-refractivity contribution in [2.24, 2.45) is 11.8 Å². The Balaban J connectivity index is 1.44. The highest BCUT2D eigenvalue weighted by atomic mass is 19.1. The number of hydrogen-bond acceptors (Lipinski definition) is 7. The summed E-state index contributed by atoms with van der Waals surface area (Å²) in [4.78, 5) is 39.7. The van der Waals surface area contributed by atoms with Crippen LogP contribution < -0.4 is 0 Å². The van der Waals surface area contributed by atoms with Gasteiger partial charge in [0.05, 0.1) is 24.2 Å². The van der Waals surface area contributed by atoms with Crippen LogP contribution in [0.25, 0.3) is 11.1 Å². The van der Waals surface area contributed by atoms with Gasteiger partial charge in [0, 0.05) is 31.3 Å². The fourth-order valence-corrected chi connectivity index (χ4v) is 5.46. The van der Waals surface area contributed by atoms with Gasteiger partial charge in [-0.3, -0.25) is 14.5 Å². The van der Waals surface area contributed by atoms with Crippen molar-refractivity contribution in [1.82, 2.24) is 14.7 Å². The molecular weight excluding hydrogens is 491 g/mol. The summed E-state index contributed by atoms with van der Waals surface area (Å²) >= 11 is 0. The molecule has 1 saturated carbocycles. The van der Waals surface area contributed by atoms with E-state index in [0.717, 1.165) is 23.9 Å². The second-order valence-corrected chi connectivity index (χ2v) is 11.1. The van der Waals surface area contributed by atoms with Crippen LogP contribution in [0, 0.1) is 29.0 Å². The molecule has 202 valence electrons. The van der Waals surface area contributed by atoms with Gasteiger partial charge < -0.3 is 9.47 Å². The summed E-state index contributed by atoms with van der Waals surface area (Å²) in [6.07, 6.45) is 4.92. The summed E-state index contributed by atoms with van der Waals surface area (Å²) in [6.45, 7) is 5.23.